The van der Waals surface area contributed by atoms with Gasteiger partial charge in [0, 0.05) is 26.2 Å². The molecule has 156 valence electrons. The summed E-state index contributed by atoms with van der Waals surface area (Å²) in [4.78, 5) is 28.2. The van der Waals surface area contributed by atoms with Crippen LogP contribution in [-0.2, 0) is 9.59 Å². The van der Waals surface area contributed by atoms with Gasteiger partial charge in [0.25, 0.3) is 0 Å². The zero-order chi connectivity index (χ0) is 21.7. The molecule has 0 aromatic heterocycles. The molecule has 2 aromatic rings. The maximum Gasteiger partial charge on any atom is 0.247 e. The van der Waals surface area contributed by atoms with Crippen molar-refractivity contribution >= 4 is 46.3 Å². The van der Waals surface area contributed by atoms with Crippen molar-refractivity contribution in [1.29, 1.82) is 0 Å². The van der Waals surface area contributed by atoms with Crippen LogP contribution in [0.5, 0.6) is 5.75 Å². The summed E-state index contributed by atoms with van der Waals surface area (Å²) in [7, 11) is 5.49. The Bertz CT molecular complexity index is 971. The standard InChI is InChI=1S/C21H23N5O3S/c1-25(2)15-6-4-14(5-7-15)13-23-24-21(22)30-18-12-19(27)26(20(18)28)16-8-10-17(29-3)11-9-16/h4-11,13,18H,12H2,1-3H3,(H2,22,24). The van der Waals surface area contributed by atoms with E-state index in [4.69, 9.17) is 10.5 Å². The van der Waals surface area contributed by atoms with Crippen molar-refractivity contribution in [3.05, 3.63) is 54.1 Å². The lowest BCUT2D eigenvalue weighted by Crippen LogP contribution is -2.31. The van der Waals surface area contributed by atoms with Crippen LogP contribution in [0.2, 0.25) is 0 Å². The first kappa shape index (κ1) is 21.4. The van der Waals surface area contributed by atoms with E-state index in [9.17, 15) is 9.59 Å². The highest BCUT2D eigenvalue weighted by Crippen LogP contribution is 2.30. The summed E-state index contributed by atoms with van der Waals surface area (Å²) in [5, 5.41) is 7.41. The van der Waals surface area contributed by atoms with Crippen LogP contribution in [0.15, 0.2) is 58.7 Å². The second-order valence-corrected chi connectivity index (χ2v) is 7.97. The minimum atomic E-state index is -0.627. The van der Waals surface area contributed by atoms with Crippen LogP contribution in [0.4, 0.5) is 11.4 Å². The van der Waals surface area contributed by atoms with Gasteiger partial charge >= 0.3 is 0 Å². The molecule has 8 nitrogen and oxygen atoms in total. The van der Waals surface area contributed by atoms with E-state index in [1.165, 1.54) is 4.90 Å². The first-order chi connectivity index (χ1) is 14.4. The fourth-order valence-corrected chi connectivity index (χ4v) is 3.70. The molecule has 1 saturated heterocycles. The Morgan fingerprint density at radius 1 is 1.17 bits per heavy atom. The van der Waals surface area contributed by atoms with Crippen LogP contribution in [-0.4, -0.2) is 49.7 Å². The minimum Gasteiger partial charge on any atom is -0.497 e. The Kier molecular flexibility index (Phi) is 6.73. The Balaban J connectivity index is 1.62. The van der Waals surface area contributed by atoms with E-state index in [1.54, 1.807) is 37.6 Å². The maximum atomic E-state index is 12.7. The molecule has 3 rings (SSSR count). The monoisotopic (exact) mass is 425 g/mol. The first-order valence-electron chi connectivity index (χ1n) is 9.20. The number of nitrogens with zero attached hydrogens (tertiary/aromatic N) is 4. The average Bonchev–Trinajstić information content (AvgIpc) is 3.01. The predicted molar refractivity (Wildman–Crippen MR) is 121 cm³/mol. The second-order valence-electron chi connectivity index (χ2n) is 6.74. The smallest absolute Gasteiger partial charge is 0.247 e. The normalized spacial score (nSPS) is 17.1. The van der Waals surface area contributed by atoms with Crippen LogP contribution in [0.25, 0.3) is 0 Å². The van der Waals surface area contributed by atoms with Crippen LogP contribution in [0.1, 0.15) is 12.0 Å². The molecule has 2 aromatic carbocycles. The topological polar surface area (TPSA) is 101 Å². The van der Waals surface area contributed by atoms with E-state index in [2.05, 4.69) is 10.2 Å². The highest BCUT2D eigenvalue weighted by Gasteiger charge is 2.40. The van der Waals surface area contributed by atoms with E-state index < -0.39 is 5.25 Å². The first-order valence-corrected chi connectivity index (χ1v) is 10.1. The van der Waals surface area contributed by atoms with Crippen molar-refractivity contribution < 1.29 is 14.3 Å². The number of thioether (sulfide) groups is 1. The van der Waals surface area contributed by atoms with Gasteiger partial charge in [-0.15, -0.1) is 5.10 Å². The van der Waals surface area contributed by atoms with Crippen molar-refractivity contribution in [2.45, 2.75) is 11.7 Å². The Hall–Kier alpha value is -3.33. The molecule has 2 amide bonds. The van der Waals surface area contributed by atoms with Crippen LogP contribution >= 0.6 is 11.8 Å². The number of hydrogen-bond acceptors (Lipinski definition) is 7. The van der Waals surface area contributed by atoms with Crippen LogP contribution < -0.4 is 20.3 Å². The second kappa shape index (κ2) is 9.45. The summed E-state index contributed by atoms with van der Waals surface area (Å²) >= 11 is 1.04. The molecule has 1 atom stereocenters. The van der Waals surface area contributed by atoms with Gasteiger partial charge < -0.3 is 15.4 Å². The van der Waals surface area contributed by atoms with E-state index in [-0.39, 0.29) is 23.4 Å². The molecule has 0 saturated carbocycles. The van der Waals surface area contributed by atoms with Gasteiger partial charge in [0.2, 0.25) is 11.8 Å². The molecule has 0 aliphatic carbocycles. The number of benzene rings is 2. The number of carbonyl (C=O) groups is 2. The molecular weight excluding hydrogens is 402 g/mol. The Morgan fingerprint density at radius 3 is 2.43 bits per heavy atom. The lowest BCUT2D eigenvalue weighted by molar-refractivity contribution is -0.121. The molecule has 1 heterocycles. The zero-order valence-corrected chi connectivity index (χ0v) is 17.8. The number of nitrogens with two attached hydrogens (primary N) is 1. The third-order valence-corrected chi connectivity index (χ3v) is 5.45. The quantitative estimate of drug-likeness (QED) is 0.330. The summed E-state index contributed by atoms with van der Waals surface area (Å²) in [6.45, 7) is 0. The molecular formula is C21H23N5O3S. The number of ether oxygens (including phenoxy) is 1. The number of amides is 2. The van der Waals surface area contributed by atoms with Gasteiger partial charge in [-0.1, -0.05) is 23.9 Å². The molecule has 0 bridgehead atoms. The lowest BCUT2D eigenvalue weighted by Gasteiger charge is -2.15. The SMILES string of the molecule is COc1ccc(N2C(=O)CC(SC(N)=NN=Cc3ccc(N(C)C)cc3)C2=O)cc1. The van der Waals surface area contributed by atoms with Crippen molar-refractivity contribution in [2.24, 2.45) is 15.9 Å². The molecule has 0 spiro atoms. The number of amidine groups is 1. The molecule has 1 aliphatic heterocycles. The van der Waals surface area contributed by atoms with Gasteiger partial charge in [-0.25, -0.2) is 4.90 Å². The third-order valence-electron chi connectivity index (χ3n) is 4.47. The Labute approximate surface area is 179 Å². The van der Waals surface area contributed by atoms with Gasteiger partial charge in [-0.3, -0.25) is 9.59 Å². The van der Waals surface area contributed by atoms with Crippen molar-refractivity contribution in [1.82, 2.24) is 0 Å². The van der Waals surface area contributed by atoms with Crippen molar-refractivity contribution in [2.75, 3.05) is 31.0 Å². The summed E-state index contributed by atoms with van der Waals surface area (Å²) < 4.78 is 5.10. The lowest BCUT2D eigenvalue weighted by atomic mass is 10.2. The van der Waals surface area contributed by atoms with Gasteiger partial charge in [0.05, 0.1) is 19.0 Å². The number of rotatable bonds is 6. The number of imide groups is 1. The summed E-state index contributed by atoms with van der Waals surface area (Å²) in [5.41, 5.74) is 8.36. The fourth-order valence-electron chi connectivity index (χ4n) is 2.88. The summed E-state index contributed by atoms with van der Waals surface area (Å²) in [5.74, 6) is 0.0471. The molecule has 1 aliphatic rings. The van der Waals surface area contributed by atoms with Crippen molar-refractivity contribution in [3.8, 4) is 5.75 Å². The molecule has 9 heteroatoms. The maximum absolute atomic E-state index is 12.7. The molecule has 1 fully saturated rings. The molecule has 1 unspecified atom stereocenters. The molecule has 0 radical (unpaired) electrons. The van der Waals surface area contributed by atoms with Gasteiger partial charge in [0.1, 0.15) is 11.0 Å². The van der Waals surface area contributed by atoms with E-state index >= 15 is 0 Å². The number of hydrogen-bond donors (Lipinski definition) is 1. The van der Waals surface area contributed by atoms with Crippen molar-refractivity contribution in [3.63, 3.8) is 0 Å². The van der Waals surface area contributed by atoms with Gasteiger partial charge in [0.15, 0.2) is 5.17 Å². The Morgan fingerprint density at radius 2 is 1.83 bits per heavy atom. The number of anilines is 2. The largest absolute Gasteiger partial charge is 0.497 e. The van der Waals surface area contributed by atoms with Crippen LogP contribution in [0, 0.1) is 0 Å². The minimum absolute atomic E-state index is 0.0570. The highest BCUT2D eigenvalue weighted by atomic mass is 32.2. The summed E-state index contributed by atoms with van der Waals surface area (Å²) in [6.07, 6.45) is 1.64. The molecule has 2 N–H and O–H groups in total. The number of carbonyl (C=O) groups excluding carboxylic acids is 2. The molecule has 30 heavy (non-hydrogen) atoms. The average molecular weight is 426 g/mol. The predicted octanol–water partition coefficient (Wildman–Crippen LogP) is 2.48. The van der Waals surface area contributed by atoms with E-state index in [1.807, 2.05) is 43.3 Å². The highest BCUT2D eigenvalue weighted by molar-refractivity contribution is 8.14. The van der Waals surface area contributed by atoms with Gasteiger partial charge in [-0.2, -0.15) is 5.10 Å². The van der Waals surface area contributed by atoms with E-state index in [0.717, 1.165) is 23.0 Å². The van der Waals surface area contributed by atoms with E-state index in [0.29, 0.717) is 11.4 Å². The number of methoxy groups -OCH3 is 1. The fraction of sp³-hybridized carbons (Fsp3) is 0.238. The third kappa shape index (κ3) is 4.98. The zero-order valence-electron chi connectivity index (χ0n) is 17.0. The summed E-state index contributed by atoms with van der Waals surface area (Å²) in [6, 6.07) is 14.5. The van der Waals surface area contributed by atoms with Crippen LogP contribution in [0.3, 0.4) is 0 Å². The van der Waals surface area contributed by atoms with Gasteiger partial charge in [-0.05, 0) is 42.0 Å².